The Labute approximate surface area is 132 Å². The quantitative estimate of drug-likeness (QED) is 0.741. The summed E-state index contributed by atoms with van der Waals surface area (Å²) in [5, 5.41) is 0. The van der Waals surface area contributed by atoms with Crippen molar-refractivity contribution in [3.05, 3.63) is 17.8 Å². The van der Waals surface area contributed by atoms with E-state index in [1.807, 2.05) is 27.7 Å². The van der Waals surface area contributed by atoms with Gasteiger partial charge in [0.05, 0.1) is 11.2 Å². The number of hydrogen-bond donors (Lipinski definition) is 0. The van der Waals surface area contributed by atoms with Gasteiger partial charge in [-0.25, -0.2) is 4.98 Å². The lowest BCUT2D eigenvalue weighted by Gasteiger charge is -2.32. The van der Waals surface area contributed by atoms with Crippen LogP contribution in [0.15, 0.2) is 12.3 Å². The van der Waals surface area contributed by atoms with Crippen LogP contribution in [0.3, 0.4) is 0 Å². The summed E-state index contributed by atoms with van der Waals surface area (Å²) in [5.41, 5.74) is 1.29. The molecule has 6 heteroatoms. The van der Waals surface area contributed by atoms with E-state index in [1.165, 1.54) is 0 Å². The molecule has 2 aliphatic rings. The third-order valence-corrected chi connectivity index (χ3v) is 4.95. The number of fused-ring (bicyclic) bond motifs is 1. The van der Waals surface area contributed by atoms with Gasteiger partial charge in [-0.2, -0.15) is 0 Å². The molecule has 0 N–H and O–H groups in total. The second kappa shape index (κ2) is 5.06. The fourth-order valence-corrected chi connectivity index (χ4v) is 2.90. The predicted octanol–water partition coefficient (Wildman–Crippen LogP) is 1.68. The number of hydrogen-bond acceptors (Lipinski definition) is 4. The van der Waals surface area contributed by atoms with E-state index in [1.54, 1.807) is 18.0 Å². The number of anilines is 1. The number of rotatable bonds is 1. The SMILES string of the molecule is CC(=O)N1CCCc2cc(B3OC(C)(C)C(C)(C)O3)cnc21. The Bertz CT molecular complexity index is 599. The first-order valence-electron chi connectivity index (χ1n) is 7.84. The Hall–Kier alpha value is -1.40. The Morgan fingerprint density at radius 1 is 1.27 bits per heavy atom. The van der Waals surface area contributed by atoms with E-state index in [2.05, 4.69) is 11.1 Å². The van der Waals surface area contributed by atoms with E-state index >= 15 is 0 Å². The van der Waals surface area contributed by atoms with Crippen LogP contribution in [0.1, 0.15) is 46.6 Å². The molecule has 1 fully saturated rings. The molecule has 0 saturated carbocycles. The van der Waals surface area contributed by atoms with Crippen LogP contribution in [-0.2, 0) is 20.5 Å². The maximum atomic E-state index is 11.7. The van der Waals surface area contributed by atoms with E-state index in [0.717, 1.165) is 36.2 Å². The van der Waals surface area contributed by atoms with Gasteiger partial charge in [0.25, 0.3) is 0 Å². The zero-order valence-corrected chi connectivity index (χ0v) is 14.0. The van der Waals surface area contributed by atoms with E-state index in [9.17, 15) is 4.79 Å². The van der Waals surface area contributed by atoms with Crippen LogP contribution < -0.4 is 10.4 Å². The lowest BCUT2D eigenvalue weighted by atomic mass is 9.79. The molecule has 0 aromatic carbocycles. The average Bonchev–Trinajstić information content (AvgIpc) is 2.66. The van der Waals surface area contributed by atoms with Crippen molar-refractivity contribution >= 4 is 24.3 Å². The summed E-state index contributed by atoms with van der Waals surface area (Å²) < 4.78 is 12.1. The first kappa shape index (κ1) is 15.5. The Morgan fingerprint density at radius 2 is 1.91 bits per heavy atom. The number of nitrogens with zero attached hydrogens (tertiary/aromatic N) is 2. The molecule has 1 aromatic rings. The first-order valence-corrected chi connectivity index (χ1v) is 7.84. The maximum Gasteiger partial charge on any atom is 0.496 e. The van der Waals surface area contributed by atoms with E-state index in [4.69, 9.17) is 9.31 Å². The zero-order valence-electron chi connectivity index (χ0n) is 14.0. The maximum absolute atomic E-state index is 11.7. The summed E-state index contributed by atoms with van der Waals surface area (Å²) in [6, 6.07) is 2.07. The van der Waals surface area contributed by atoms with Gasteiger partial charge in [0.1, 0.15) is 5.82 Å². The fourth-order valence-electron chi connectivity index (χ4n) is 2.90. The number of aryl methyl sites for hydroxylation is 1. The molecule has 5 nitrogen and oxygen atoms in total. The van der Waals surface area contributed by atoms with Crippen molar-refractivity contribution in [2.45, 2.75) is 58.7 Å². The van der Waals surface area contributed by atoms with Crippen molar-refractivity contribution in [2.24, 2.45) is 0 Å². The highest BCUT2D eigenvalue weighted by Gasteiger charge is 2.52. The fraction of sp³-hybridized carbons (Fsp3) is 0.625. The molecule has 3 heterocycles. The molecular weight excluding hydrogens is 279 g/mol. The van der Waals surface area contributed by atoms with E-state index in [0.29, 0.717) is 0 Å². The third-order valence-electron chi connectivity index (χ3n) is 4.95. The summed E-state index contributed by atoms with van der Waals surface area (Å²) >= 11 is 0. The molecule has 0 radical (unpaired) electrons. The zero-order chi connectivity index (χ0) is 16.1. The lowest BCUT2D eigenvalue weighted by Crippen LogP contribution is -2.41. The Kier molecular flexibility index (Phi) is 3.57. The normalized spacial score (nSPS) is 22.6. The van der Waals surface area contributed by atoms with Crippen molar-refractivity contribution in [3.63, 3.8) is 0 Å². The molecule has 1 saturated heterocycles. The standard InChI is InChI=1S/C16H23BN2O3/c1-11(20)19-8-6-7-12-9-13(10-18-14(12)19)17-21-15(2,3)16(4,5)22-17/h9-10H,6-8H2,1-5H3. The summed E-state index contributed by atoms with van der Waals surface area (Å²) in [5.74, 6) is 0.816. The van der Waals surface area contributed by atoms with Crippen LogP contribution in [0.25, 0.3) is 0 Å². The van der Waals surface area contributed by atoms with Gasteiger partial charge in [-0.1, -0.05) is 6.07 Å². The van der Waals surface area contributed by atoms with Crippen LogP contribution in [0.4, 0.5) is 5.82 Å². The van der Waals surface area contributed by atoms with Gasteiger partial charge in [0.15, 0.2) is 0 Å². The number of carbonyl (C=O) groups is 1. The van der Waals surface area contributed by atoms with Crippen molar-refractivity contribution < 1.29 is 14.1 Å². The van der Waals surface area contributed by atoms with E-state index < -0.39 is 7.12 Å². The van der Waals surface area contributed by atoms with Gasteiger partial charge in [0, 0.05) is 25.1 Å². The highest BCUT2D eigenvalue weighted by molar-refractivity contribution is 6.62. The molecule has 22 heavy (non-hydrogen) atoms. The second-order valence-electron chi connectivity index (χ2n) is 7.11. The first-order chi connectivity index (χ1) is 10.2. The molecule has 0 spiro atoms. The number of carbonyl (C=O) groups excluding carboxylic acids is 1. The van der Waals surface area contributed by atoms with Gasteiger partial charge >= 0.3 is 7.12 Å². The van der Waals surface area contributed by atoms with Gasteiger partial charge in [-0.05, 0) is 46.1 Å². The van der Waals surface area contributed by atoms with Gasteiger partial charge in [-0.3, -0.25) is 9.69 Å². The minimum absolute atomic E-state index is 0.0387. The molecule has 1 aromatic heterocycles. The number of pyridine rings is 1. The summed E-state index contributed by atoms with van der Waals surface area (Å²) in [7, 11) is -0.407. The van der Waals surface area contributed by atoms with Crippen molar-refractivity contribution in [3.8, 4) is 0 Å². The van der Waals surface area contributed by atoms with Gasteiger partial charge in [-0.15, -0.1) is 0 Å². The van der Waals surface area contributed by atoms with Crippen molar-refractivity contribution in [1.29, 1.82) is 0 Å². The molecule has 3 rings (SSSR count). The van der Waals surface area contributed by atoms with Crippen LogP contribution in [0.5, 0.6) is 0 Å². The summed E-state index contributed by atoms with van der Waals surface area (Å²) in [6.45, 7) is 10.5. The lowest BCUT2D eigenvalue weighted by molar-refractivity contribution is -0.116. The van der Waals surface area contributed by atoms with Crippen molar-refractivity contribution in [1.82, 2.24) is 4.98 Å². The molecular formula is C16H23BN2O3. The van der Waals surface area contributed by atoms with Gasteiger partial charge in [0.2, 0.25) is 5.91 Å². The third kappa shape index (κ3) is 2.44. The monoisotopic (exact) mass is 302 g/mol. The largest absolute Gasteiger partial charge is 0.496 e. The van der Waals surface area contributed by atoms with Crippen LogP contribution in [0, 0.1) is 0 Å². The molecule has 1 amide bonds. The van der Waals surface area contributed by atoms with E-state index in [-0.39, 0.29) is 17.1 Å². The molecule has 2 aliphatic heterocycles. The van der Waals surface area contributed by atoms with Crippen LogP contribution in [-0.4, -0.2) is 35.8 Å². The van der Waals surface area contributed by atoms with Crippen LogP contribution >= 0.6 is 0 Å². The van der Waals surface area contributed by atoms with Crippen LogP contribution in [0.2, 0.25) is 0 Å². The topological polar surface area (TPSA) is 51.7 Å². The smallest absolute Gasteiger partial charge is 0.399 e. The summed E-state index contributed by atoms with van der Waals surface area (Å²) in [6.07, 6.45) is 3.66. The highest BCUT2D eigenvalue weighted by atomic mass is 16.7. The van der Waals surface area contributed by atoms with Crippen molar-refractivity contribution in [2.75, 3.05) is 11.4 Å². The molecule has 0 atom stereocenters. The predicted molar refractivity (Wildman–Crippen MR) is 86.3 cm³/mol. The minimum Gasteiger partial charge on any atom is -0.399 e. The molecule has 0 bridgehead atoms. The molecule has 0 unspecified atom stereocenters. The Balaban J connectivity index is 1.91. The number of amides is 1. The number of aromatic nitrogens is 1. The minimum atomic E-state index is -0.407. The molecule has 118 valence electrons. The average molecular weight is 302 g/mol. The second-order valence-corrected chi connectivity index (χ2v) is 7.11. The summed E-state index contributed by atoms with van der Waals surface area (Å²) in [4.78, 5) is 18.0. The highest BCUT2D eigenvalue weighted by Crippen LogP contribution is 2.36. The van der Waals surface area contributed by atoms with Gasteiger partial charge < -0.3 is 9.31 Å². The molecule has 0 aliphatic carbocycles. The Morgan fingerprint density at radius 3 is 2.50 bits per heavy atom.